The smallest absolute Gasteiger partial charge is 0.226 e. The van der Waals surface area contributed by atoms with Crippen LogP contribution in [0.1, 0.15) is 37.8 Å². The van der Waals surface area contributed by atoms with Gasteiger partial charge in [0.2, 0.25) is 11.8 Å². The van der Waals surface area contributed by atoms with E-state index in [1.165, 1.54) is 24.3 Å². The molecule has 0 aliphatic carbocycles. The minimum atomic E-state index is -3.67. The number of sulfone groups is 1. The van der Waals surface area contributed by atoms with Crippen LogP contribution in [0.25, 0.3) is 0 Å². The number of amides is 2. The molecule has 1 atom stereocenters. The van der Waals surface area contributed by atoms with Crippen LogP contribution in [0.2, 0.25) is 0 Å². The van der Waals surface area contributed by atoms with E-state index in [2.05, 4.69) is 5.32 Å². The van der Waals surface area contributed by atoms with Crippen LogP contribution < -0.4 is 10.2 Å². The predicted molar refractivity (Wildman–Crippen MR) is 114 cm³/mol. The molecule has 6 nitrogen and oxygen atoms in total. The van der Waals surface area contributed by atoms with Gasteiger partial charge in [-0.15, -0.1) is 0 Å². The summed E-state index contributed by atoms with van der Waals surface area (Å²) in [6, 6.07) is 8.72. The van der Waals surface area contributed by atoms with E-state index in [-0.39, 0.29) is 29.0 Å². The van der Waals surface area contributed by atoms with E-state index >= 15 is 0 Å². The fourth-order valence-corrected chi connectivity index (χ4v) is 4.96. The Morgan fingerprint density at radius 2 is 1.93 bits per heavy atom. The molecule has 0 fully saturated rings. The number of benzene rings is 2. The molecule has 2 aromatic rings. The van der Waals surface area contributed by atoms with E-state index in [1.54, 1.807) is 30.9 Å². The quantitative estimate of drug-likeness (QED) is 0.756. The molecule has 2 amide bonds. The highest BCUT2D eigenvalue weighted by molar-refractivity contribution is 7.91. The monoisotopic (exact) mass is 432 g/mol. The summed E-state index contributed by atoms with van der Waals surface area (Å²) in [4.78, 5) is 26.2. The highest BCUT2D eigenvalue weighted by Gasteiger charge is 2.31. The van der Waals surface area contributed by atoms with Crippen molar-refractivity contribution in [1.29, 1.82) is 0 Å². The third-order valence-electron chi connectivity index (χ3n) is 5.26. The van der Waals surface area contributed by atoms with Gasteiger partial charge in [-0.05, 0) is 67.8 Å². The molecule has 0 spiro atoms. The third-order valence-corrected chi connectivity index (χ3v) is 6.97. The summed E-state index contributed by atoms with van der Waals surface area (Å²) < 4.78 is 38.7. The number of fused-ring (bicyclic) bond motifs is 1. The summed E-state index contributed by atoms with van der Waals surface area (Å²) in [5.41, 5.74) is 2.57. The van der Waals surface area contributed by atoms with Crippen LogP contribution >= 0.6 is 0 Å². The van der Waals surface area contributed by atoms with Crippen LogP contribution in [0.4, 0.5) is 15.8 Å². The standard InChI is InChI=1S/C22H25FN2O4S/c1-4-22(27)25-15(3)12-16-13-18(6-8-20(16)25)30(28,29)10-9-21(26)24-19-7-5-17(23)11-14(19)2/h5-8,11,13,15H,4,9-10,12H2,1-3H3,(H,24,26)/t15-/m1/s1. The van der Waals surface area contributed by atoms with Crippen LogP contribution in [0.15, 0.2) is 41.3 Å². The maximum absolute atomic E-state index is 13.2. The molecule has 0 saturated carbocycles. The minimum absolute atomic E-state index is 0.00427. The van der Waals surface area contributed by atoms with Gasteiger partial charge in [-0.2, -0.15) is 0 Å². The normalized spacial score (nSPS) is 15.7. The van der Waals surface area contributed by atoms with Crippen molar-refractivity contribution in [3.63, 3.8) is 0 Å². The van der Waals surface area contributed by atoms with Gasteiger partial charge in [0.1, 0.15) is 5.82 Å². The van der Waals surface area contributed by atoms with E-state index in [0.29, 0.717) is 24.1 Å². The lowest BCUT2D eigenvalue weighted by atomic mass is 10.1. The number of hydrogen-bond donors (Lipinski definition) is 1. The first kappa shape index (κ1) is 22.0. The number of halogens is 1. The lowest BCUT2D eigenvalue weighted by molar-refractivity contribution is -0.118. The Balaban J connectivity index is 1.70. The molecular weight excluding hydrogens is 407 g/mol. The van der Waals surface area contributed by atoms with Crippen LogP contribution in [-0.2, 0) is 25.8 Å². The second-order valence-corrected chi connectivity index (χ2v) is 9.65. The zero-order valence-electron chi connectivity index (χ0n) is 17.2. The van der Waals surface area contributed by atoms with Crippen molar-refractivity contribution in [1.82, 2.24) is 0 Å². The van der Waals surface area contributed by atoms with Crippen molar-refractivity contribution in [3.05, 3.63) is 53.3 Å². The maximum Gasteiger partial charge on any atom is 0.226 e. The van der Waals surface area contributed by atoms with Gasteiger partial charge in [-0.3, -0.25) is 9.59 Å². The molecule has 0 radical (unpaired) electrons. The topological polar surface area (TPSA) is 83.6 Å². The van der Waals surface area contributed by atoms with Crippen molar-refractivity contribution in [3.8, 4) is 0 Å². The second kappa shape index (κ2) is 8.55. The highest BCUT2D eigenvalue weighted by atomic mass is 32.2. The third kappa shape index (κ3) is 4.53. The number of aryl methyl sites for hydroxylation is 1. The molecule has 1 heterocycles. The zero-order valence-corrected chi connectivity index (χ0v) is 18.1. The van der Waals surface area contributed by atoms with Crippen molar-refractivity contribution in [2.45, 2.75) is 51.0 Å². The number of rotatable bonds is 6. The molecule has 3 rings (SSSR count). The van der Waals surface area contributed by atoms with Crippen molar-refractivity contribution < 1.29 is 22.4 Å². The molecule has 1 aliphatic heterocycles. The molecule has 2 aromatic carbocycles. The molecule has 30 heavy (non-hydrogen) atoms. The summed E-state index contributed by atoms with van der Waals surface area (Å²) in [6.45, 7) is 5.39. The summed E-state index contributed by atoms with van der Waals surface area (Å²) in [5, 5.41) is 2.62. The SMILES string of the molecule is CCC(=O)N1c2ccc(S(=O)(=O)CCC(=O)Nc3ccc(F)cc3C)cc2C[C@H]1C. The first-order valence-corrected chi connectivity index (χ1v) is 11.5. The first-order valence-electron chi connectivity index (χ1n) is 9.86. The average Bonchev–Trinajstić information content (AvgIpc) is 3.03. The summed E-state index contributed by atoms with van der Waals surface area (Å²) >= 11 is 0. The molecule has 0 unspecified atom stereocenters. The van der Waals surface area contributed by atoms with E-state index in [9.17, 15) is 22.4 Å². The van der Waals surface area contributed by atoms with Crippen molar-refractivity contribution in [2.24, 2.45) is 0 Å². The molecule has 1 aliphatic rings. The number of hydrogen-bond acceptors (Lipinski definition) is 4. The van der Waals surface area contributed by atoms with Crippen molar-refractivity contribution >= 4 is 33.0 Å². The number of nitrogens with zero attached hydrogens (tertiary/aromatic N) is 1. The van der Waals surface area contributed by atoms with Gasteiger partial charge < -0.3 is 10.2 Å². The Morgan fingerprint density at radius 3 is 2.60 bits per heavy atom. The maximum atomic E-state index is 13.2. The zero-order chi connectivity index (χ0) is 22.1. The fourth-order valence-electron chi connectivity index (χ4n) is 3.68. The second-order valence-electron chi connectivity index (χ2n) is 7.54. The van der Waals surface area contributed by atoms with Crippen LogP contribution in [-0.4, -0.2) is 32.0 Å². The molecule has 8 heteroatoms. The Morgan fingerprint density at radius 1 is 1.20 bits per heavy atom. The van der Waals surface area contributed by atoms with Gasteiger partial charge in [-0.25, -0.2) is 12.8 Å². The Kier molecular flexibility index (Phi) is 6.26. The predicted octanol–water partition coefficient (Wildman–Crippen LogP) is 3.62. The van der Waals surface area contributed by atoms with Crippen LogP contribution in [0.3, 0.4) is 0 Å². The number of nitrogens with one attached hydrogen (secondary N) is 1. The van der Waals surface area contributed by atoms with Gasteiger partial charge in [0.25, 0.3) is 0 Å². The van der Waals surface area contributed by atoms with Gasteiger partial charge in [0.05, 0.1) is 10.6 Å². The number of anilines is 2. The van der Waals surface area contributed by atoms with Gasteiger partial charge in [0, 0.05) is 30.3 Å². The van der Waals surface area contributed by atoms with Crippen LogP contribution in [0.5, 0.6) is 0 Å². The lowest BCUT2D eigenvalue weighted by Crippen LogP contribution is -2.35. The number of carbonyl (C=O) groups is 2. The molecule has 0 saturated heterocycles. The van der Waals surface area contributed by atoms with E-state index < -0.39 is 21.6 Å². The average molecular weight is 433 g/mol. The van der Waals surface area contributed by atoms with Crippen molar-refractivity contribution in [2.75, 3.05) is 16.0 Å². The van der Waals surface area contributed by atoms with Gasteiger partial charge in [0.15, 0.2) is 9.84 Å². The lowest BCUT2D eigenvalue weighted by Gasteiger charge is -2.22. The molecule has 160 valence electrons. The Labute approximate surface area is 176 Å². The molecule has 0 bridgehead atoms. The summed E-state index contributed by atoms with van der Waals surface area (Å²) in [6.07, 6.45) is 0.758. The molecule has 1 N–H and O–H groups in total. The van der Waals surface area contributed by atoms with Gasteiger partial charge >= 0.3 is 0 Å². The van der Waals surface area contributed by atoms with E-state index in [0.717, 1.165) is 11.3 Å². The Bertz CT molecular complexity index is 1100. The van der Waals surface area contributed by atoms with Crippen LogP contribution in [0, 0.1) is 12.7 Å². The molecular formula is C22H25FN2O4S. The fraction of sp³-hybridized carbons (Fsp3) is 0.364. The largest absolute Gasteiger partial charge is 0.326 e. The molecule has 0 aromatic heterocycles. The Hall–Kier alpha value is -2.74. The van der Waals surface area contributed by atoms with E-state index in [4.69, 9.17) is 0 Å². The number of carbonyl (C=O) groups excluding carboxylic acids is 2. The first-order chi connectivity index (χ1) is 14.1. The van der Waals surface area contributed by atoms with Gasteiger partial charge in [-0.1, -0.05) is 6.92 Å². The van der Waals surface area contributed by atoms with E-state index in [1.807, 2.05) is 6.92 Å². The minimum Gasteiger partial charge on any atom is -0.326 e. The summed E-state index contributed by atoms with van der Waals surface area (Å²) in [5.74, 6) is -1.20. The summed E-state index contributed by atoms with van der Waals surface area (Å²) in [7, 11) is -3.67. The highest BCUT2D eigenvalue weighted by Crippen LogP contribution is 2.34.